The number of rotatable bonds is 2. The number of likely N-dealkylation sites (tertiary alicyclic amines) is 1. The summed E-state index contributed by atoms with van der Waals surface area (Å²) in [6.45, 7) is 7.59. The molecule has 3 atom stereocenters. The van der Waals surface area contributed by atoms with Crippen LogP contribution in [0.5, 0.6) is 11.5 Å². The number of benzene rings is 1. The van der Waals surface area contributed by atoms with Gasteiger partial charge in [-0.1, -0.05) is 13.0 Å². The second-order valence-electron chi connectivity index (χ2n) is 5.48. The van der Waals surface area contributed by atoms with Crippen LogP contribution in [0.4, 0.5) is 0 Å². The van der Waals surface area contributed by atoms with E-state index in [4.69, 9.17) is 0 Å². The highest BCUT2D eigenvalue weighted by Crippen LogP contribution is 2.38. The van der Waals surface area contributed by atoms with E-state index in [9.17, 15) is 10.2 Å². The van der Waals surface area contributed by atoms with Gasteiger partial charge in [0.25, 0.3) is 0 Å². The van der Waals surface area contributed by atoms with E-state index < -0.39 is 0 Å². The van der Waals surface area contributed by atoms with Crippen molar-refractivity contribution in [3.05, 3.63) is 23.8 Å². The molecule has 0 saturated carbocycles. The van der Waals surface area contributed by atoms with Gasteiger partial charge in [-0.3, -0.25) is 4.90 Å². The van der Waals surface area contributed by atoms with Crippen molar-refractivity contribution in [2.75, 3.05) is 6.54 Å². The van der Waals surface area contributed by atoms with Crippen molar-refractivity contribution in [1.82, 2.24) is 4.90 Å². The molecule has 3 heteroatoms. The lowest BCUT2D eigenvalue weighted by Gasteiger charge is -2.42. The van der Waals surface area contributed by atoms with E-state index in [1.165, 1.54) is 12.8 Å². The Kier molecular flexibility index (Phi) is 3.81. The molecule has 0 aliphatic carbocycles. The molecule has 3 unspecified atom stereocenters. The van der Waals surface area contributed by atoms with Crippen molar-refractivity contribution in [3.63, 3.8) is 0 Å². The van der Waals surface area contributed by atoms with Crippen LogP contribution in [0.2, 0.25) is 0 Å². The summed E-state index contributed by atoms with van der Waals surface area (Å²) in [6, 6.07) is 5.48. The number of piperidine rings is 1. The van der Waals surface area contributed by atoms with Gasteiger partial charge in [-0.15, -0.1) is 0 Å². The lowest BCUT2D eigenvalue weighted by molar-refractivity contribution is 0.0732. The van der Waals surface area contributed by atoms with Crippen LogP contribution in [0.25, 0.3) is 0 Å². The maximum atomic E-state index is 9.96. The Labute approximate surface area is 109 Å². The van der Waals surface area contributed by atoms with Crippen molar-refractivity contribution in [2.24, 2.45) is 5.92 Å². The van der Waals surface area contributed by atoms with Crippen LogP contribution >= 0.6 is 0 Å². The van der Waals surface area contributed by atoms with Gasteiger partial charge in [0.15, 0.2) is 0 Å². The van der Waals surface area contributed by atoms with Crippen LogP contribution in [0.1, 0.15) is 45.2 Å². The topological polar surface area (TPSA) is 43.7 Å². The van der Waals surface area contributed by atoms with Gasteiger partial charge in [0.05, 0.1) is 5.56 Å². The van der Waals surface area contributed by atoms with Crippen molar-refractivity contribution in [2.45, 2.75) is 45.7 Å². The minimum absolute atomic E-state index is 0.0453. The summed E-state index contributed by atoms with van der Waals surface area (Å²) in [6.07, 6.45) is 2.45. The number of hydrogen-bond donors (Lipinski definition) is 2. The second kappa shape index (κ2) is 5.19. The van der Waals surface area contributed by atoms with Gasteiger partial charge in [0, 0.05) is 12.1 Å². The van der Waals surface area contributed by atoms with E-state index >= 15 is 0 Å². The van der Waals surface area contributed by atoms with E-state index in [2.05, 4.69) is 25.7 Å². The third-order valence-corrected chi connectivity index (χ3v) is 4.40. The Morgan fingerprint density at radius 2 is 1.83 bits per heavy atom. The highest BCUT2D eigenvalue weighted by atomic mass is 16.3. The molecule has 18 heavy (non-hydrogen) atoms. The largest absolute Gasteiger partial charge is 0.507 e. The van der Waals surface area contributed by atoms with Crippen LogP contribution < -0.4 is 0 Å². The monoisotopic (exact) mass is 249 g/mol. The summed E-state index contributed by atoms with van der Waals surface area (Å²) >= 11 is 0. The highest BCUT2D eigenvalue weighted by Gasteiger charge is 2.30. The minimum Gasteiger partial charge on any atom is -0.507 e. The first-order valence-corrected chi connectivity index (χ1v) is 6.79. The Bertz CT molecular complexity index is 399. The molecule has 1 fully saturated rings. The van der Waals surface area contributed by atoms with Crippen molar-refractivity contribution in [1.29, 1.82) is 0 Å². The molecule has 1 heterocycles. The van der Waals surface area contributed by atoms with E-state index in [0.29, 0.717) is 17.5 Å². The van der Waals surface area contributed by atoms with E-state index in [1.807, 2.05) is 0 Å². The average molecular weight is 249 g/mol. The molecule has 1 saturated heterocycles. The van der Waals surface area contributed by atoms with E-state index in [1.54, 1.807) is 18.2 Å². The average Bonchev–Trinajstić information content (AvgIpc) is 2.32. The summed E-state index contributed by atoms with van der Waals surface area (Å²) in [5, 5.41) is 19.9. The number of hydrogen-bond acceptors (Lipinski definition) is 3. The molecule has 0 amide bonds. The fourth-order valence-corrected chi connectivity index (χ4v) is 3.05. The molecular formula is C15H23NO2. The first-order chi connectivity index (χ1) is 8.52. The minimum atomic E-state index is 0.0453. The summed E-state index contributed by atoms with van der Waals surface area (Å²) in [4.78, 5) is 2.38. The Morgan fingerprint density at radius 1 is 1.22 bits per heavy atom. The third kappa shape index (κ3) is 2.32. The molecular weight excluding hydrogens is 226 g/mol. The Morgan fingerprint density at radius 3 is 2.44 bits per heavy atom. The summed E-state index contributed by atoms with van der Waals surface area (Å²) in [5.41, 5.74) is 0.651. The maximum Gasteiger partial charge on any atom is 0.124 e. The first kappa shape index (κ1) is 13.2. The summed E-state index contributed by atoms with van der Waals surface area (Å²) < 4.78 is 0. The molecule has 0 aromatic heterocycles. The van der Waals surface area contributed by atoms with Gasteiger partial charge >= 0.3 is 0 Å². The second-order valence-corrected chi connectivity index (χ2v) is 5.48. The predicted octanol–water partition coefficient (Wildman–Crippen LogP) is 3.28. The predicted molar refractivity (Wildman–Crippen MR) is 72.8 cm³/mol. The smallest absolute Gasteiger partial charge is 0.124 e. The number of nitrogens with zero attached hydrogens (tertiary/aromatic N) is 1. The standard InChI is InChI=1S/C15H23NO2/c1-10-6-5-9-16(11(10)2)12(3)15-13(17)7-4-8-14(15)18/h4,7-8,10-12,17-18H,5-6,9H2,1-3H3. The number of phenolic OH excluding ortho intramolecular Hbond substituents is 2. The number of phenols is 2. The van der Waals surface area contributed by atoms with Crippen molar-refractivity contribution in [3.8, 4) is 11.5 Å². The van der Waals surface area contributed by atoms with Gasteiger partial charge in [0.1, 0.15) is 11.5 Å². The van der Waals surface area contributed by atoms with E-state index in [-0.39, 0.29) is 17.5 Å². The van der Waals surface area contributed by atoms with Gasteiger partial charge in [-0.2, -0.15) is 0 Å². The van der Waals surface area contributed by atoms with Crippen molar-refractivity contribution < 1.29 is 10.2 Å². The highest BCUT2D eigenvalue weighted by molar-refractivity contribution is 5.45. The lowest BCUT2D eigenvalue weighted by atomic mass is 9.89. The molecule has 1 aliphatic heterocycles. The molecule has 0 spiro atoms. The maximum absolute atomic E-state index is 9.96. The molecule has 0 bridgehead atoms. The van der Waals surface area contributed by atoms with Crippen molar-refractivity contribution >= 4 is 0 Å². The molecule has 2 rings (SSSR count). The van der Waals surface area contributed by atoms with Gasteiger partial charge in [0.2, 0.25) is 0 Å². The van der Waals surface area contributed by atoms with Gasteiger partial charge < -0.3 is 10.2 Å². The quantitative estimate of drug-likeness (QED) is 0.845. The molecule has 100 valence electrons. The van der Waals surface area contributed by atoms with Crippen LogP contribution in [-0.2, 0) is 0 Å². The fraction of sp³-hybridized carbons (Fsp3) is 0.600. The fourth-order valence-electron chi connectivity index (χ4n) is 3.05. The Hall–Kier alpha value is -1.22. The van der Waals surface area contributed by atoms with Crippen LogP contribution in [0.15, 0.2) is 18.2 Å². The molecule has 1 aromatic rings. The van der Waals surface area contributed by atoms with E-state index in [0.717, 1.165) is 6.54 Å². The van der Waals surface area contributed by atoms with Crippen LogP contribution in [0, 0.1) is 5.92 Å². The normalized spacial score (nSPS) is 27.1. The van der Waals surface area contributed by atoms with Crippen LogP contribution in [-0.4, -0.2) is 27.7 Å². The zero-order valence-corrected chi connectivity index (χ0v) is 11.4. The first-order valence-electron chi connectivity index (χ1n) is 6.79. The van der Waals surface area contributed by atoms with Crippen LogP contribution in [0.3, 0.4) is 0 Å². The zero-order valence-electron chi connectivity index (χ0n) is 11.4. The molecule has 2 N–H and O–H groups in total. The third-order valence-electron chi connectivity index (χ3n) is 4.40. The molecule has 1 aliphatic rings. The molecule has 0 radical (unpaired) electrons. The summed E-state index contributed by atoms with van der Waals surface area (Å²) in [5.74, 6) is 1.04. The van der Waals surface area contributed by atoms with Gasteiger partial charge in [-0.25, -0.2) is 0 Å². The molecule has 3 nitrogen and oxygen atoms in total. The lowest BCUT2D eigenvalue weighted by Crippen LogP contribution is -2.43. The molecule has 1 aromatic carbocycles. The summed E-state index contributed by atoms with van der Waals surface area (Å²) in [7, 11) is 0. The SMILES string of the molecule is CC1CCCN(C(C)c2c(O)cccc2O)C1C. The zero-order chi connectivity index (χ0) is 13.3. The number of aromatic hydroxyl groups is 2. The Balaban J connectivity index is 2.27. The van der Waals surface area contributed by atoms with Gasteiger partial charge in [-0.05, 0) is 51.3 Å².